The fraction of sp³-hybridized carbons (Fsp3) is 0.312. The fourth-order valence-corrected chi connectivity index (χ4v) is 5.17. The molecule has 2 rings (SSSR count). The van der Waals surface area contributed by atoms with Crippen LogP contribution in [0.15, 0.2) is 46.0 Å². The van der Waals surface area contributed by atoms with Crippen molar-refractivity contribution < 1.29 is 13.2 Å². The van der Waals surface area contributed by atoms with Crippen molar-refractivity contribution in [2.24, 2.45) is 0 Å². The molecule has 0 saturated heterocycles. The van der Waals surface area contributed by atoms with Gasteiger partial charge in [-0.15, -0.1) is 22.9 Å². The molecular weight excluding hydrogens is 368 g/mol. The summed E-state index contributed by atoms with van der Waals surface area (Å²) in [4.78, 5) is 13.4. The van der Waals surface area contributed by atoms with Gasteiger partial charge in [0.25, 0.3) is 0 Å². The SMILES string of the molecule is CN(C)c1ccc([C@@H](CNC(=O)CCl)S(=O)(=O)c2cccs2)cc1. The molecular formula is C16H19ClN2O3S2. The van der Waals surface area contributed by atoms with Gasteiger partial charge in [0.1, 0.15) is 15.3 Å². The minimum Gasteiger partial charge on any atom is -0.378 e. The molecule has 0 aliphatic heterocycles. The Balaban J connectivity index is 2.37. The highest BCUT2D eigenvalue weighted by Crippen LogP contribution is 2.32. The number of benzene rings is 1. The Morgan fingerprint density at radius 2 is 1.92 bits per heavy atom. The molecule has 8 heteroatoms. The van der Waals surface area contributed by atoms with Gasteiger partial charge in [-0.05, 0) is 29.1 Å². The second-order valence-electron chi connectivity index (χ2n) is 5.39. The predicted octanol–water partition coefficient (Wildman–Crippen LogP) is 2.68. The van der Waals surface area contributed by atoms with E-state index in [0.29, 0.717) is 5.56 Å². The third-order valence-electron chi connectivity index (χ3n) is 3.54. The number of sulfone groups is 1. The number of nitrogens with one attached hydrogen (secondary N) is 1. The van der Waals surface area contributed by atoms with E-state index in [-0.39, 0.29) is 16.6 Å². The summed E-state index contributed by atoms with van der Waals surface area (Å²) in [5.41, 5.74) is 1.60. The second-order valence-corrected chi connectivity index (χ2v) is 8.96. The number of thiophene rings is 1. The normalized spacial score (nSPS) is 12.6. The van der Waals surface area contributed by atoms with Gasteiger partial charge in [0, 0.05) is 26.3 Å². The molecule has 0 aliphatic carbocycles. The lowest BCUT2D eigenvalue weighted by molar-refractivity contribution is -0.118. The number of nitrogens with zero attached hydrogens (tertiary/aromatic N) is 1. The van der Waals surface area contributed by atoms with E-state index >= 15 is 0 Å². The average molecular weight is 387 g/mol. The van der Waals surface area contributed by atoms with Gasteiger partial charge in [-0.3, -0.25) is 4.79 Å². The van der Waals surface area contributed by atoms with E-state index in [0.717, 1.165) is 5.69 Å². The molecule has 24 heavy (non-hydrogen) atoms. The molecule has 1 aromatic carbocycles. The zero-order valence-corrected chi connectivity index (χ0v) is 15.8. The van der Waals surface area contributed by atoms with E-state index in [2.05, 4.69) is 5.32 Å². The van der Waals surface area contributed by atoms with Crippen molar-refractivity contribution in [3.05, 3.63) is 47.3 Å². The maximum absolute atomic E-state index is 12.9. The zero-order chi connectivity index (χ0) is 17.7. The van der Waals surface area contributed by atoms with E-state index < -0.39 is 21.0 Å². The second kappa shape index (κ2) is 8.00. The Morgan fingerprint density at radius 3 is 2.42 bits per heavy atom. The molecule has 1 heterocycles. The van der Waals surface area contributed by atoms with Gasteiger partial charge in [0.05, 0.1) is 0 Å². The van der Waals surface area contributed by atoms with Gasteiger partial charge >= 0.3 is 0 Å². The van der Waals surface area contributed by atoms with Gasteiger partial charge in [-0.25, -0.2) is 8.42 Å². The number of rotatable bonds is 7. The van der Waals surface area contributed by atoms with Crippen LogP contribution in [0.2, 0.25) is 0 Å². The number of alkyl halides is 1. The van der Waals surface area contributed by atoms with Gasteiger partial charge in [-0.1, -0.05) is 18.2 Å². The van der Waals surface area contributed by atoms with Crippen molar-refractivity contribution in [1.29, 1.82) is 0 Å². The van der Waals surface area contributed by atoms with Crippen LogP contribution in [0, 0.1) is 0 Å². The summed E-state index contributed by atoms with van der Waals surface area (Å²) in [6, 6.07) is 10.5. The largest absolute Gasteiger partial charge is 0.378 e. The third kappa shape index (κ3) is 4.28. The molecule has 0 spiro atoms. The van der Waals surface area contributed by atoms with Crippen LogP contribution in [-0.4, -0.2) is 40.8 Å². The van der Waals surface area contributed by atoms with E-state index in [1.165, 1.54) is 11.3 Å². The first-order chi connectivity index (χ1) is 11.4. The highest BCUT2D eigenvalue weighted by Gasteiger charge is 2.30. The zero-order valence-electron chi connectivity index (χ0n) is 13.4. The Kier molecular flexibility index (Phi) is 6.26. The average Bonchev–Trinajstić information content (AvgIpc) is 3.10. The Bertz CT molecular complexity index is 772. The molecule has 0 aliphatic rings. The summed E-state index contributed by atoms with van der Waals surface area (Å²) < 4.78 is 26.1. The van der Waals surface area contributed by atoms with Crippen molar-refractivity contribution in [2.45, 2.75) is 9.46 Å². The molecule has 5 nitrogen and oxygen atoms in total. The number of hydrogen-bond donors (Lipinski definition) is 1. The Hall–Kier alpha value is -1.57. The van der Waals surface area contributed by atoms with Crippen molar-refractivity contribution in [2.75, 3.05) is 31.4 Å². The maximum atomic E-state index is 12.9. The first kappa shape index (κ1) is 18.8. The Morgan fingerprint density at radius 1 is 1.25 bits per heavy atom. The lowest BCUT2D eigenvalue weighted by atomic mass is 10.1. The van der Waals surface area contributed by atoms with E-state index in [1.807, 2.05) is 31.1 Å². The predicted molar refractivity (Wildman–Crippen MR) is 98.7 cm³/mol. The number of anilines is 1. The van der Waals surface area contributed by atoms with E-state index in [4.69, 9.17) is 11.6 Å². The number of carbonyl (C=O) groups excluding carboxylic acids is 1. The molecule has 0 saturated carbocycles. The maximum Gasteiger partial charge on any atom is 0.234 e. The van der Waals surface area contributed by atoms with Crippen molar-refractivity contribution >= 4 is 44.4 Å². The highest BCUT2D eigenvalue weighted by molar-refractivity contribution is 7.93. The molecule has 0 radical (unpaired) electrons. The smallest absolute Gasteiger partial charge is 0.234 e. The van der Waals surface area contributed by atoms with Crippen LogP contribution in [-0.2, 0) is 14.6 Å². The van der Waals surface area contributed by atoms with Gasteiger partial charge in [-0.2, -0.15) is 0 Å². The molecule has 0 unspecified atom stereocenters. The summed E-state index contributed by atoms with van der Waals surface area (Å²) in [6.07, 6.45) is 0. The fourth-order valence-electron chi connectivity index (χ4n) is 2.21. The molecule has 1 N–H and O–H groups in total. The molecule has 1 amide bonds. The number of halogens is 1. The summed E-state index contributed by atoms with van der Waals surface area (Å²) in [5, 5.41) is 3.44. The molecule has 0 fully saturated rings. The van der Waals surface area contributed by atoms with Crippen LogP contribution in [0.5, 0.6) is 0 Å². The number of hydrogen-bond acceptors (Lipinski definition) is 5. The first-order valence-corrected chi connectivity index (χ1v) is 10.2. The van der Waals surface area contributed by atoms with Gasteiger partial charge in [0.2, 0.25) is 5.91 Å². The van der Waals surface area contributed by atoms with Crippen molar-refractivity contribution in [1.82, 2.24) is 5.32 Å². The highest BCUT2D eigenvalue weighted by atomic mass is 35.5. The topological polar surface area (TPSA) is 66.5 Å². The molecule has 0 bridgehead atoms. The van der Waals surface area contributed by atoms with Crippen LogP contribution in [0.1, 0.15) is 10.8 Å². The molecule has 130 valence electrons. The lowest BCUT2D eigenvalue weighted by Gasteiger charge is -2.19. The van der Waals surface area contributed by atoms with Gasteiger partial charge in [0.15, 0.2) is 9.84 Å². The van der Waals surface area contributed by atoms with Crippen LogP contribution >= 0.6 is 22.9 Å². The first-order valence-electron chi connectivity index (χ1n) is 7.23. The van der Waals surface area contributed by atoms with Crippen molar-refractivity contribution in [3.8, 4) is 0 Å². The summed E-state index contributed by atoms with van der Waals surface area (Å²) in [7, 11) is 0.224. The van der Waals surface area contributed by atoms with Crippen LogP contribution < -0.4 is 10.2 Å². The third-order valence-corrected chi connectivity index (χ3v) is 7.31. The summed E-state index contributed by atoms with van der Waals surface area (Å²) in [5.74, 6) is -0.598. The van der Waals surface area contributed by atoms with Gasteiger partial charge < -0.3 is 10.2 Å². The monoisotopic (exact) mass is 386 g/mol. The van der Waals surface area contributed by atoms with Crippen LogP contribution in [0.25, 0.3) is 0 Å². The standard InChI is InChI=1S/C16H19ClN2O3S2/c1-19(2)13-7-5-12(6-8-13)14(11-18-15(20)10-17)24(21,22)16-4-3-9-23-16/h3-9,14H,10-11H2,1-2H3,(H,18,20)/t14-/m1/s1. The van der Waals surface area contributed by atoms with E-state index in [9.17, 15) is 13.2 Å². The number of amides is 1. The minimum absolute atomic E-state index is 0.0207. The van der Waals surface area contributed by atoms with Crippen LogP contribution in [0.3, 0.4) is 0 Å². The summed E-state index contributed by atoms with van der Waals surface area (Å²) >= 11 is 6.65. The van der Waals surface area contributed by atoms with Crippen molar-refractivity contribution in [3.63, 3.8) is 0 Å². The van der Waals surface area contributed by atoms with Crippen LogP contribution in [0.4, 0.5) is 5.69 Å². The molecule has 1 aromatic heterocycles. The lowest BCUT2D eigenvalue weighted by Crippen LogP contribution is -2.32. The Labute approximate surface area is 151 Å². The quantitative estimate of drug-likeness (QED) is 0.743. The summed E-state index contributed by atoms with van der Waals surface area (Å²) in [6.45, 7) is -0.0207. The molecule has 1 atom stereocenters. The molecule has 2 aromatic rings. The minimum atomic E-state index is -3.60. The van der Waals surface area contributed by atoms with E-state index in [1.54, 1.807) is 29.6 Å². The number of carbonyl (C=O) groups is 1.